The van der Waals surface area contributed by atoms with Gasteiger partial charge in [-0.15, -0.1) is 0 Å². The van der Waals surface area contributed by atoms with Crippen molar-refractivity contribution in [3.05, 3.63) is 34.4 Å². The minimum atomic E-state index is -3.59. The van der Waals surface area contributed by atoms with Crippen LogP contribution >= 0.6 is 0 Å². The molecule has 116 valence electrons. The van der Waals surface area contributed by atoms with Gasteiger partial charge in [0.2, 0.25) is 10.0 Å². The first-order valence-electron chi connectivity index (χ1n) is 6.95. The molecular formula is C13H19N3O4S. The van der Waals surface area contributed by atoms with E-state index in [4.69, 9.17) is 0 Å². The predicted octanol–water partition coefficient (Wildman–Crippen LogP) is 1.36. The number of nitro benzene ring substituents is 1. The van der Waals surface area contributed by atoms with E-state index in [1.54, 1.807) is 0 Å². The summed E-state index contributed by atoms with van der Waals surface area (Å²) in [6.07, 6.45) is 3.19. The van der Waals surface area contributed by atoms with Crippen molar-refractivity contribution < 1.29 is 13.3 Å². The van der Waals surface area contributed by atoms with Crippen LogP contribution in [-0.4, -0.2) is 44.4 Å². The molecule has 1 aromatic rings. The van der Waals surface area contributed by atoms with Crippen LogP contribution in [0.5, 0.6) is 0 Å². The number of sulfonamides is 1. The Morgan fingerprint density at radius 2 is 1.81 bits per heavy atom. The summed E-state index contributed by atoms with van der Waals surface area (Å²) in [4.78, 5) is 12.3. The van der Waals surface area contributed by atoms with Gasteiger partial charge in [-0.25, -0.2) is 13.1 Å². The van der Waals surface area contributed by atoms with E-state index in [1.165, 1.54) is 37.1 Å². The maximum atomic E-state index is 12.0. The minimum absolute atomic E-state index is 0.0503. The molecule has 0 aromatic heterocycles. The molecule has 0 unspecified atom stereocenters. The molecule has 1 saturated heterocycles. The number of hydrogen-bond donors (Lipinski definition) is 1. The van der Waals surface area contributed by atoms with Crippen molar-refractivity contribution in [1.29, 1.82) is 0 Å². The van der Waals surface area contributed by atoms with Gasteiger partial charge in [-0.05, 0) is 51.0 Å². The third-order valence-corrected chi connectivity index (χ3v) is 4.98. The van der Waals surface area contributed by atoms with Crippen molar-refractivity contribution in [1.82, 2.24) is 9.62 Å². The van der Waals surface area contributed by atoms with Crippen molar-refractivity contribution in [2.45, 2.75) is 24.2 Å². The second kappa shape index (κ2) is 6.97. The Kier molecular flexibility index (Phi) is 5.27. The summed E-state index contributed by atoms with van der Waals surface area (Å²) in [5.41, 5.74) is -0.122. The summed E-state index contributed by atoms with van der Waals surface area (Å²) in [7, 11) is -3.59. The SMILES string of the molecule is O=[N+]([O-])c1ccc(S(=O)(=O)NCCCN2CCCC2)cc1. The molecule has 0 amide bonds. The van der Waals surface area contributed by atoms with Crippen molar-refractivity contribution in [3.8, 4) is 0 Å². The quantitative estimate of drug-likeness (QED) is 0.466. The number of nitrogens with zero attached hydrogens (tertiary/aromatic N) is 2. The summed E-state index contributed by atoms with van der Waals surface area (Å²) in [5, 5.41) is 10.5. The molecule has 0 radical (unpaired) electrons. The Bertz CT molecular complexity index is 580. The molecule has 21 heavy (non-hydrogen) atoms. The Hall–Kier alpha value is -1.51. The van der Waals surface area contributed by atoms with E-state index >= 15 is 0 Å². The largest absolute Gasteiger partial charge is 0.303 e. The van der Waals surface area contributed by atoms with Gasteiger partial charge in [-0.2, -0.15) is 0 Å². The summed E-state index contributed by atoms with van der Waals surface area (Å²) in [5.74, 6) is 0. The second-order valence-electron chi connectivity index (χ2n) is 5.05. The highest BCUT2D eigenvalue weighted by molar-refractivity contribution is 7.89. The first kappa shape index (κ1) is 15.9. The van der Waals surface area contributed by atoms with E-state index in [2.05, 4.69) is 9.62 Å². The van der Waals surface area contributed by atoms with E-state index in [0.717, 1.165) is 26.1 Å². The summed E-state index contributed by atoms with van der Waals surface area (Å²) in [6.45, 7) is 3.45. The molecule has 1 aromatic carbocycles. The molecule has 7 nitrogen and oxygen atoms in total. The van der Waals surface area contributed by atoms with Gasteiger partial charge in [-0.3, -0.25) is 10.1 Å². The van der Waals surface area contributed by atoms with E-state index in [1.807, 2.05) is 0 Å². The molecule has 0 bridgehead atoms. The minimum Gasteiger partial charge on any atom is -0.303 e. The molecular weight excluding hydrogens is 294 g/mol. The fourth-order valence-electron chi connectivity index (χ4n) is 2.35. The van der Waals surface area contributed by atoms with Crippen molar-refractivity contribution in [2.24, 2.45) is 0 Å². The third kappa shape index (κ3) is 4.48. The Labute approximate surface area is 124 Å². The van der Waals surface area contributed by atoms with Crippen LogP contribution in [0.4, 0.5) is 5.69 Å². The van der Waals surface area contributed by atoms with Gasteiger partial charge in [-0.1, -0.05) is 0 Å². The van der Waals surface area contributed by atoms with E-state index in [-0.39, 0.29) is 10.6 Å². The maximum absolute atomic E-state index is 12.0. The van der Waals surface area contributed by atoms with Crippen LogP contribution < -0.4 is 4.72 Å². The van der Waals surface area contributed by atoms with Gasteiger partial charge in [0.25, 0.3) is 5.69 Å². The highest BCUT2D eigenvalue weighted by Gasteiger charge is 2.16. The lowest BCUT2D eigenvalue weighted by atomic mass is 10.3. The fourth-order valence-corrected chi connectivity index (χ4v) is 3.42. The van der Waals surface area contributed by atoms with Crippen molar-refractivity contribution in [3.63, 3.8) is 0 Å². The van der Waals surface area contributed by atoms with Gasteiger partial charge < -0.3 is 4.90 Å². The van der Waals surface area contributed by atoms with Crippen LogP contribution in [-0.2, 0) is 10.0 Å². The first-order valence-corrected chi connectivity index (χ1v) is 8.44. The lowest BCUT2D eigenvalue weighted by Gasteiger charge is -2.14. The number of nitrogens with one attached hydrogen (secondary N) is 1. The molecule has 1 N–H and O–H groups in total. The molecule has 1 aliphatic rings. The van der Waals surface area contributed by atoms with Gasteiger partial charge in [0.05, 0.1) is 9.82 Å². The van der Waals surface area contributed by atoms with Crippen LogP contribution in [0.3, 0.4) is 0 Å². The fraction of sp³-hybridized carbons (Fsp3) is 0.538. The molecule has 0 spiro atoms. The molecule has 8 heteroatoms. The van der Waals surface area contributed by atoms with Gasteiger partial charge >= 0.3 is 0 Å². The zero-order chi connectivity index (χ0) is 15.3. The van der Waals surface area contributed by atoms with Gasteiger partial charge in [0.1, 0.15) is 0 Å². The van der Waals surface area contributed by atoms with Crippen molar-refractivity contribution >= 4 is 15.7 Å². The number of benzene rings is 1. The molecule has 0 atom stereocenters. The summed E-state index contributed by atoms with van der Waals surface area (Å²) < 4.78 is 26.6. The molecule has 1 heterocycles. The van der Waals surface area contributed by atoms with Crippen LogP contribution in [0.2, 0.25) is 0 Å². The van der Waals surface area contributed by atoms with Crippen LogP contribution in [0.25, 0.3) is 0 Å². The van der Waals surface area contributed by atoms with Crippen LogP contribution in [0, 0.1) is 10.1 Å². The Morgan fingerprint density at radius 3 is 2.38 bits per heavy atom. The number of likely N-dealkylation sites (tertiary alicyclic amines) is 1. The average molecular weight is 313 g/mol. The first-order chi connectivity index (χ1) is 9.99. The topological polar surface area (TPSA) is 92.5 Å². The monoisotopic (exact) mass is 313 g/mol. The van der Waals surface area contributed by atoms with E-state index in [9.17, 15) is 18.5 Å². The van der Waals surface area contributed by atoms with E-state index < -0.39 is 14.9 Å². The molecule has 0 aliphatic carbocycles. The highest BCUT2D eigenvalue weighted by atomic mass is 32.2. The smallest absolute Gasteiger partial charge is 0.269 e. The Morgan fingerprint density at radius 1 is 1.19 bits per heavy atom. The Balaban J connectivity index is 1.84. The summed E-state index contributed by atoms with van der Waals surface area (Å²) in [6, 6.07) is 4.89. The zero-order valence-electron chi connectivity index (χ0n) is 11.7. The molecule has 0 saturated carbocycles. The predicted molar refractivity (Wildman–Crippen MR) is 78.6 cm³/mol. The number of hydrogen-bond acceptors (Lipinski definition) is 5. The standard InChI is InChI=1S/C13H19N3O4S/c17-16(18)12-4-6-13(7-5-12)21(19,20)14-8-3-11-15-9-1-2-10-15/h4-7,14H,1-3,8-11H2. The van der Waals surface area contributed by atoms with Gasteiger partial charge in [0.15, 0.2) is 0 Å². The third-order valence-electron chi connectivity index (χ3n) is 3.50. The lowest BCUT2D eigenvalue weighted by molar-refractivity contribution is -0.384. The molecule has 1 fully saturated rings. The zero-order valence-corrected chi connectivity index (χ0v) is 12.5. The molecule has 2 rings (SSSR count). The van der Waals surface area contributed by atoms with Crippen molar-refractivity contribution in [2.75, 3.05) is 26.2 Å². The summed E-state index contributed by atoms with van der Waals surface area (Å²) >= 11 is 0. The average Bonchev–Trinajstić information content (AvgIpc) is 2.97. The van der Waals surface area contributed by atoms with E-state index in [0.29, 0.717) is 6.54 Å². The second-order valence-corrected chi connectivity index (χ2v) is 6.82. The lowest BCUT2D eigenvalue weighted by Crippen LogP contribution is -2.28. The van der Waals surface area contributed by atoms with Crippen LogP contribution in [0.1, 0.15) is 19.3 Å². The highest BCUT2D eigenvalue weighted by Crippen LogP contribution is 2.15. The number of rotatable bonds is 7. The number of nitro groups is 1. The van der Waals surface area contributed by atoms with Crippen LogP contribution in [0.15, 0.2) is 29.2 Å². The molecule has 1 aliphatic heterocycles. The maximum Gasteiger partial charge on any atom is 0.269 e. The number of non-ortho nitro benzene ring substituents is 1. The normalized spacial score (nSPS) is 16.2. The van der Waals surface area contributed by atoms with Gasteiger partial charge in [0, 0.05) is 18.7 Å².